The summed E-state index contributed by atoms with van der Waals surface area (Å²) in [5, 5.41) is 3.72. The molecule has 4 aromatic rings. The highest BCUT2D eigenvalue weighted by molar-refractivity contribution is 7.92. The van der Waals surface area contributed by atoms with E-state index in [2.05, 4.69) is 5.32 Å². The summed E-state index contributed by atoms with van der Waals surface area (Å²) in [5.41, 5.74) is 2.70. The number of nitrogens with one attached hydrogen (secondary N) is 1. The molecule has 5 rings (SSSR count). The highest BCUT2D eigenvalue weighted by Crippen LogP contribution is 2.34. The minimum absolute atomic E-state index is 0.0171. The van der Waals surface area contributed by atoms with Gasteiger partial charge in [-0.2, -0.15) is 0 Å². The van der Waals surface area contributed by atoms with Crippen LogP contribution in [0.1, 0.15) is 42.4 Å². The van der Waals surface area contributed by atoms with Crippen molar-refractivity contribution in [3.8, 4) is 11.5 Å². The van der Waals surface area contributed by atoms with Crippen molar-refractivity contribution in [2.75, 3.05) is 25.1 Å². The van der Waals surface area contributed by atoms with E-state index in [1.165, 1.54) is 37.3 Å². The van der Waals surface area contributed by atoms with Crippen LogP contribution in [-0.2, 0) is 32.6 Å². The number of anilines is 1. The molecular weight excluding hydrogens is 662 g/mol. The molecule has 1 aliphatic carbocycles. The van der Waals surface area contributed by atoms with Crippen molar-refractivity contribution in [1.82, 2.24) is 10.2 Å². The summed E-state index contributed by atoms with van der Waals surface area (Å²) in [5.74, 6) is -0.131. The molecule has 1 N–H and O–H groups in total. The van der Waals surface area contributed by atoms with E-state index in [4.69, 9.17) is 21.1 Å². The van der Waals surface area contributed by atoms with Gasteiger partial charge < -0.3 is 19.7 Å². The summed E-state index contributed by atoms with van der Waals surface area (Å²) in [7, 11) is -1.33. The Labute approximate surface area is 293 Å². The maximum absolute atomic E-state index is 14.7. The van der Waals surface area contributed by atoms with E-state index in [9.17, 15) is 18.0 Å². The van der Waals surface area contributed by atoms with Crippen LogP contribution in [0.4, 0.5) is 5.69 Å². The summed E-state index contributed by atoms with van der Waals surface area (Å²) in [6, 6.07) is 26.8. The van der Waals surface area contributed by atoms with Gasteiger partial charge in [0.25, 0.3) is 10.0 Å². The number of hydrogen-bond acceptors (Lipinski definition) is 6. The number of benzene rings is 4. The Hall–Kier alpha value is -4.54. The molecule has 0 heterocycles. The zero-order valence-electron chi connectivity index (χ0n) is 28.0. The number of carbonyl (C=O) groups excluding carboxylic acids is 2. The Kier molecular flexibility index (Phi) is 11.9. The van der Waals surface area contributed by atoms with E-state index in [-0.39, 0.29) is 35.5 Å². The summed E-state index contributed by atoms with van der Waals surface area (Å²) < 4.78 is 40.7. The molecule has 0 unspecified atom stereocenters. The number of sulfonamides is 1. The number of methoxy groups -OCH3 is 2. The smallest absolute Gasteiger partial charge is 0.264 e. The lowest BCUT2D eigenvalue weighted by atomic mass is 10.0. The monoisotopic (exact) mass is 703 g/mol. The van der Waals surface area contributed by atoms with Gasteiger partial charge in [0.1, 0.15) is 12.6 Å². The number of hydrogen-bond donors (Lipinski definition) is 1. The Morgan fingerprint density at radius 3 is 2.14 bits per heavy atom. The molecule has 0 aromatic heterocycles. The lowest BCUT2D eigenvalue weighted by molar-refractivity contribution is -0.140. The number of rotatable bonds is 14. The second-order valence-corrected chi connectivity index (χ2v) is 14.5. The number of carbonyl (C=O) groups is 2. The first-order chi connectivity index (χ1) is 23.6. The van der Waals surface area contributed by atoms with E-state index in [0.29, 0.717) is 16.5 Å². The second kappa shape index (κ2) is 16.2. The Balaban J connectivity index is 1.59. The van der Waals surface area contributed by atoms with Crippen LogP contribution in [0.15, 0.2) is 102 Å². The van der Waals surface area contributed by atoms with E-state index >= 15 is 0 Å². The van der Waals surface area contributed by atoms with Crippen LogP contribution in [0.2, 0.25) is 5.02 Å². The minimum atomic E-state index is -4.27. The first-order valence-electron chi connectivity index (χ1n) is 16.3. The number of halogens is 1. The number of ether oxygens (including phenoxy) is 2. The molecule has 9 nitrogen and oxygen atoms in total. The third-order valence-corrected chi connectivity index (χ3v) is 10.8. The largest absolute Gasteiger partial charge is 0.493 e. The van der Waals surface area contributed by atoms with E-state index < -0.39 is 28.5 Å². The van der Waals surface area contributed by atoms with Crippen LogP contribution in [0, 0.1) is 6.92 Å². The number of nitrogens with zero attached hydrogens (tertiary/aromatic N) is 2. The van der Waals surface area contributed by atoms with Gasteiger partial charge >= 0.3 is 0 Å². The predicted octanol–water partition coefficient (Wildman–Crippen LogP) is 6.56. The number of amides is 2. The van der Waals surface area contributed by atoms with Crippen LogP contribution in [0.3, 0.4) is 0 Å². The molecule has 2 amide bonds. The Morgan fingerprint density at radius 1 is 0.857 bits per heavy atom. The predicted molar refractivity (Wildman–Crippen MR) is 192 cm³/mol. The summed E-state index contributed by atoms with van der Waals surface area (Å²) in [6.07, 6.45) is 4.03. The van der Waals surface area contributed by atoms with E-state index in [1.54, 1.807) is 48.5 Å². The normalized spacial score (nSPS) is 13.8. The summed E-state index contributed by atoms with van der Waals surface area (Å²) in [6.45, 7) is 1.33. The van der Waals surface area contributed by atoms with Gasteiger partial charge in [0.2, 0.25) is 11.8 Å². The fourth-order valence-corrected chi connectivity index (χ4v) is 7.59. The Bertz CT molecular complexity index is 1830. The highest BCUT2D eigenvalue weighted by Gasteiger charge is 2.36. The maximum atomic E-state index is 14.7. The van der Waals surface area contributed by atoms with Gasteiger partial charge in [-0.15, -0.1) is 0 Å². The van der Waals surface area contributed by atoms with Crippen molar-refractivity contribution in [2.45, 2.75) is 62.6 Å². The molecule has 0 spiro atoms. The molecule has 0 bridgehead atoms. The molecule has 0 radical (unpaired) electrons. The molecule has 258 valence electrons. The third kappa shape index (κ3) is 8.93. The summed E-state index contributed by atoms with van der Waals surface area (Å²) >= 11 is 6.19. The molecule has 4 aromatic carbocycles. The van der Waals surface area contributed by atoms with Crippen molar-refractivity contribution in [3.05, 3.63) is 119 Å². The average molecular weight is 704 g/mol. The first-order valence-corrected chi connectivity index (χ1v) is 18.1. The fraction of sp³-hybridized carbons (Fsp3) is 0.316. The van der Waals surface area contributed by atoms with Crippen LogP contribution >= 0.6 is 11.6 Å². The molecule has 1 aliphatic rings. The van der Waals surface area contributed by atoms with Gasteiger partial charge in [0.15, 0.2) is 11.5 Å². The van der Waals surface area contributed by atoms with Gasteiger partial charge in [0, 0.05) is 30.1 Å². The molecule has 0 aliphatic heterocycles. The van der Waals surface area contributed by atoms with Crippen molar-refractivity contribution in [3.63, 3.8) is 0 Å². The quantitative estimate of drug-likeness (QED) is 0.160. The lowest BCUT2D eigenvalue weighted by Crippen LogP contribution is -2.54. The van der Waals surface area contributed by atoms with E-state index in [0.717, 1.165) is 46.7 Å². The van der Waals surface area contributed by atoms with Crippen LogP contribution < -0.4 is 19.1 Å². The standard InChI is InChI=1S/C38H42ClN3O6S/c1-27-13-20-33(21-14-27)49(45,46)42(32-19-22-35(47-2)36(24-32)48-3)26-37(43)41(25-29-15-17-30(39)18-16-29)34(23-28-9-5-4-6-10-28)38(44)40-31-11-7-8-12-31/h4-6,9-10,13-22,24,31,34H,7-8,11-12,23,25-26H2,1-3H3,(H,40,44)/t34-/m1/s1. The van der Waals surface area contributed by atoms with Crippen molar-refractivity contribution >= 4 is 39.1 Å². The summed E-state index contributed by atoms with van der Waals surface area (Å²) in [4.78, 5) is 30.4. The first kappa shape index (κ1) is 35.8. The maximum Gasteiger partial charge on any atom is 0.264 e. The van der Waals surface area contributed by atoms with Gasteiger partial charge in [-0.3, -0.25) is 13.9 Å². The second-order valence-electron chi connectivity index (χ2n) is 12.2. The third-order valence-electron chi connectivity index (χ3n) is 8.78. The topological polar surface area (TPSA) is 105 Å². The zero-order valence-corrected chi connectivity index (χ0v) is 29.5. The van der Waals surface area contributed by atoms with Gasteiger partial charge in [-0.25, -0.2) is 8.42 Å². The van der Waals surface area contributed by atoms with Crippen molar-refractivity contribution < 1.29 is 27.5 Å². The number of aryl methyl sites for hydroxylation is 1. The van der Waals surface area contributed by atoms with Gasteiger partial charge in [-0.05, 0) is 67.3 Å². The van der Waals surface area contributed by atoms with Gasteiger partial charge in [-0.1, -0.05) is 84.6 Å². The zero-order chi connectivity index (χ0) is 35.0. The average Bonchev–Trinajstić information content (AvgIpc) is 3.62. The van der Waals surface area contributed by atoms with Crippen LogP contribution in [0.25, 0.3) is 0 Å². The SMILES string of the molecule is COc1ccc(N(CC(=O)N(Cc2ccc(Cl)cc2)[C@H](Cc2ccccc2)C(=O)NC2CCCC2)S(=O)(=O)c2ccc(C)cc2)cc1OC. The molecule has 0 saturated heterocycles. The highest BCUT2D eigenvalue weighted by atomic mass is 35.5. The Morgan fingerprint density at radius 2 is 1.51 bits per heavy atom. The molecular formula is C38H42ClN3O6S. The molecule has 1 fully saturated rings. The van der Waals surface area contributed by atoms with Crippen LogP contribution in [0.5, 0.6) is 11.5 Å². The minimum Gasteiger partial charge on any atom is -0.493 e. The molecule has 1 atom stereocenters. The van der Waals surface area contributed by atoms with Crippen LogP contribution in [-0.4, -0.2) is 58.0 Å². The molecule has 11 heteroatoms. The van der Waals surface area contributed by atoms with Gasteiger partial charge in [0.05, 0.1) is 24.8 Å². The van der Waals surface area contributed by atoms with E-state index in [1.807, 2.05) is 37.3 Å². The molecule has 1 saturated carbocycles. The van der Waals surface area contributed by atoms with Crippen molar-refractivity contribution in [2.24, 2.45) is 0 Å². The fourth-order valence-electron chi connectivity index (χ4n) is 6.05. The van der Waals surface area contributed by atoms with Crippen molar-refractivity contribution in [1.29, 1.82) is 0 Å². The molecule has 49 heavy (non-hydrogen) atoms. The lowest BCUT2D eigenvalue weighted by Gasteiger charge is -2.34.